The van der Waals surface area contributed by atoms with E-state index in [0.717, 1.165) is 25.4 Å². The SMILES string of the molecule is O=C(CC1CSCCN1)N1CCOCC1. The summed E-state index contributed by atoms with van der Waals surface area (Å²) < 4.78 is 5.23. The van der Waals surface area contributed by atoms with E-state index in [4.69, 9.17) is 4.74 Å². The lowest BCUT2D eigenvalue weighted by Gasteiger charge is -2.29. The predicted octanol–water partition coefficient (Wildman–Crippen LogP) is -0.0597. The fraction of sp³-hybridized carbons (Fsp3) is 0.900. The highest BCUT2D eigenvalue weighted by atomic mass is 32.2. The number of amides is 1. The Balaban J connectivity index is 1.74. The van der Waals surface area contributed by atoms with Crippen LogP contribution in [0.25, 0.3) is 0 Å². The summed E-state index contributed by atoms with van der Waals surface area (Å²) in [5.74, 6) is 2.51. The van der Waals surface area contributed by atoms with Crippen molar-refractivity contribution in [1.82, 2.24) is 10.2 Å². The molecule has 15 heavy (non-hydrogen) atoms. The third-order valence-electron chi connectivity index (χ3n) is 2.78. The summed E-state index contributed by atoms with van der Waals surface area (Å²) in [6.45, 7) is 3.94. The quantitative estimate of drug-likeness (QED) is 0.721. The van der Waals surface area contributed by atoms with Crippen molar-refractivity contribution in [3.8, 4) is 0 Å². The Morgan fingerprint density at radius 1 is 1.47 bits per heavy atom. The van der Waals surface area contributed by atoms with Gasteiger partial charge in [-0.2, -0.15) is 11.8 Å². The molecule has 2 aliphatic heterocycles. The molecular weight excluding hydrogens is 212 g/mol. The molecule has 0 aromatic heterocycles. The van der Waals surface area contributed by atoms with Gasteiger partial charge in [0.25, 0.3) is 0 Å². The molecule has 86 valence electrons. The van der Waals surface area contributed by atoms with Crippen molar-refractivity contribution in [3.63, 3.8) is 0 Å². The van der Waals surface area contributed by atoms with Crippen LogP contribution in [-0.2, 0) is 9.53 Å². The standard InChI is InChI=1S/C10H18N2O2S/c13-10(12-2-4-14-5-3-12)7-9-8-15-6-1-11-9/h9,11H,1-8H2. The van der Waals surface area contributed by atoms with Crippen LogP contribution >= 0.6 is 11.8 Å². The topological polar surface area (TPSA) is 41.6 Å². The summed E-state index contributed by atoms with van der Waals surface area (Å²) in [6.07, 6.45) is 0.646. The molecular formula is C10H18N2O2S. The maximum absolute atomic E-state index is 11.9. The number of carbonyl (C=O) groups is 1. The van der Waals surface area contributed by atoms with Gasteiger partial charge in [0.05, 0.1) is 13.2 Å². The molecule has 0 spiro atoms. The lowest BCUT2D eigenvalue weighted by Crippen LogP contribution is -2.45. The third kappa shape index (κ3) is 3.36. The van der Waals surface area contributed by atoms with Crippen molar-refractivity contribution in [2.75, 3.05) is 44.4 Å². The molecule has 2 rings (SSSR count). The van der Waals surface area contributed by atoms with Crippen LogP contribution in [0.1, 0.15) is 6.42 Å². The molecule has 2 fully saturated rings. The van der Waals surface area contributed by atoms with Gasteiger partial charge in [-0.25, -0.2) is 0 Å². The number of nitrogens with zero attached hydrogens (tertiary/aromatic N) is 1. The molecule has 0 aromatic carbocycles. The van der Waals surface area contributed by atoms with Crippen LogP contribution in [0.4, 0.5) is 0 Å². The maximum Gasteiger partial charge on any atom is 0.224 e. The summed E-state index contributed by atoms with van der Waals surface area (Å²) in [6, 6.07) is 0.374. The lowest BCUT2D eigenvalue weighted by atomic mass is 10.2. The largest absolute Gasteiger partial charge is 0.378 e. The number of nitrogens with one attached hydrogen (secondary N) is 1. The highest BCUT2D eigenvalue weighted by Crippen LogP contribution is 2.12. The van der Waals surface area contributed by atoms with Gasteiger partial charge in [-0.15, -0.1) is 0 Å². The van der Waals surface area contributed by atoms with E-state index in [0.29, 0.717) is 25.7 Å². The van der Waals surface area contributed by atoms with Crippen LogP contribution in [-0.4, -0.2) is 61.2 Å². The van der Waals surface area contributed by atoms with Gasteiger partial charge in [-0.05, 0) is 0 Å². The van der Waals surface area contributed by atoms with Gasteiger partial charge in [-0.3, -0.25) is 4.79 Å². The highest BCUT2D eigenvalue weighted by molar-refractivity contribution is 7.99. The first-order valence-corrected chi connectivity index (χ1v) is 6.68. The number of carbonyl (C=O) groups excluding carboxylic acids is 1. The van der Waals surface area contributed by atoms with Crippen LogP contribution < -0.4 is 5.32 Å². The molecule has 0 radical (unpaired) electrons. The first-order valence-electron chi connectivity index (χ1n) is 5.53. The summed E-state index contributed by atoms with van der Waals surface area (Å²) in [7, 11) is 0. The monoisotopic (exact) mass is 230 g/mol. The molecule has 1 N–H and O–H groups in total. The van der Waals surface area contributed by atoms with E-state index in [2.05, 4.69) is 5.32 Å². The molecule has 5 heteroatoms. The molecule has 1 atom stereocenters. The van der Waals surface area contributed by atoms with Gasteiger partial charge >= 0.3 is 0 Å². The number of morpholine rings is 1. The Bertz CT molecular complexity index is 213. The zero-order chi connectivity index (χ0) is 10.5. The van der Waals surface area contributed by atoms with E-state index in [1.165, 1.54) is 5.75 Å². The van der Waals surface area contributed by atoms with Crippen molar-refractivity contribution >= 4 is 17.7 Å². The molecule has 2 aliphatic rings. The summed E-state index contributed by atoms with van der Waals surface area (Å²) in [5, 5.41) is 3.39. The average Bonchev–Trinajstić information content (AvgIpc) is 2.31. The molecule has 0 saturated carbocycles. The molecule has 1 unspecified atom stereocenters. The maximum atomic E-state index is 11.9. The minimum Gasteiger partial charge on any atom is -0.378 e. The molecule has 2 heterocycles. The first kappa shape index (κ1) is 11.2. The third-order valence-corrected chi connectivity index (χ3v) is 3.91. The van der Waals surface area contributed by atoms with E-state index in [1.807, 2.05) is 16.7 Å². The van der Waals surface area contributed by atoms with Gasteiger partial charge in [0, 0.05) is 43.6 Å². The van der Waals surface area contributed by atoms with E-state index in [9.17, 15) is 4.79 Å². The predicted molar refractivity (Wildman–Crippen MR) is 61.1 cm³/mol. The van der Waals surface area contributed by atoms with Crippen molar-refractivity contribution in [3.05, 3.63) is 0 Å². The van der Waals surface area contributed by atoms with Gasteiger partial charge < -0.3 is 15.0 Å². The highest BCUT2D eigenvalue weighted by Gasteiger charge is 2.22. The number of ether oxygens (including phenoxy) is 1. The van der Waals surface area contributed by atoms with E-state index in [1.54, 1.807) is 0 Å². The number of rotatable bonds is 2. The fourth-order valence-electron chi connectivity index (χ4n) is 1.90. The Kier molecular flexibility index (Phi) is 4.29. The first-order chi connectivity index (χ1) is 7.36. The molecule has 0 aliphatic carbocycles. The lowest BCUT2D eigenvalue weighted by molar-refractivity contribution is -0.135. The average molecular weight is 230 g/mol. The Morgan fingerprint density at radius 3 is 2.93 bits per heavy atom. The Hall–Kier alpha value is -0.260. The smallest absolute Gasteiger partial charge is 0.224 e. The fourth-order valence-corrected chi connectivity index (χ4v) is 2.85. The van der Waals surface area contributed by atoms with E-state index < -0.39 is 0 Å². The summed E-state index contributed by atoms with van der Waals surface area (Å²) in [5.41, 5.74) is 0. The molecule has 0 bridgehead atoms. The second-order valence-corrected chi connectivity index (χ2v) is 5.07. The van der Waals surface area contributed by atoms with Crippen LogP contribution in [0, 0.1) is 0 Å². The van der Waals surface area contributed by atoms with Crippen molar-refractivity contribution in [2.45, 2.75) is 12.5 Å². The second kappa shape index (κ2) is 5.72. The normalized spacial score (nSPS) is 27.7. The van der Waals surface area contributed by atoms with Crippen LogP contribution in [0.5, 0.6) is 0 Å². The van der Waals surface area contributed by atoms with Gasteiger partial charge in [0.2, 0.25) is 5.91 Å². The van der Waals surface area contributed by atoms with Crippen LogP contribution in [0.15, 0.2) is 0 Å². The number of hydrogen-bond donors (Lipinski definition) is 1. The Morgan fingerprint density at radius 2 is 2.27 bits per heavy atom. The zero-order valence-corrected chi connectivity index (χ0v) is 9.72. The van der Waals surface area contributed by atoms with Crippen molar-refractivity contribution in [2.24, 2.45) is 0 Å². The van der Waals surface area contributed by atoms with E-state index in [-0.39, 0.29) is 5.91 Å². The number of hydrogen-bond acceptors (Lipinski definition) is 4. The van der Waals surface area contributed by atoms with Crippen LogP contribution in [0.2, 0.25) is 0 Å². The van der Waals surface area contributed by atoms with Crippen molar-refractivity contribution in [1.29, 1.82) is 0 Å². The van der Waals surface area contributed by atoms with Crippen molar-refractivity contribution < 1.29 is 9.53 Å². The minimum absolute atomic E-state index is 0.276. The van der Waals surface area contributed by atoms with Gasteiger partial charge in [0.15, 0.2) is 0 Å². The Labute approximate surface area is 94.7 Å². The molecule has 1 amide bonds. The zero-order valence-electron chi connectivity index (χ0n) is 8.91. The number of thioether (sulfide) groups is 1. The van der Waals surface area contributed by atoms with Gasteiger partial charge in [0.1, 0.15) is 0 Å². The molecule has 4 nitrogen and oxygen atoms in total. The van der Waals surface area contributed by atoms with Crippen LogP contribution in [0.3, 0.4) is 0 Å². The van der Waals surface area contributed by atoms with Gasteiger partial charge in [-0.1, -0.05) is 0 Å². The van der Waals surface area contributed by atoms with E-state index >= 15 is 0 Å². The molecule has 2 saturated heterocycles. The molecule has 0 aromatic rings. The summed E-state index contributed by atoms with van der Waals surface area (Å²) in [4.78, 5) is 13.8. The minimum atomic E-state index is 0.276. The summed E-state index contributed by atoms with van der Waals surface area (Å²) >= 11 is 1.93. The second-order valence-electron chi connectivity index (χ2n) is 3.92.